The van der Waals surface area contributed by atoms with Crippen LogP contribution in [0.1, 0.15) is 77.8 Å². The molecule has 0 radical (unpaired) electrons. The third kappa shape index (κ3) is 5.81. The number of nitrogens with one attached hydrogen (secondary N) is 3. The highest BCUT2D eigenvalue weighted by Gasteiger charge is 2.29. The van der Waals surface area contributed by atoms with Gasteiger partial charge < -0.3 is 10.6 Å². The molecule has 4 aromatic rings. The number of hydrogen-bond donors (Lipinski definition) is 3. The lowest BCUT2D eigenvalue weighted by Gasteiger charge is -2.36. The van der Waals surface area contributed by atoms with E-state index in [0.717, 1.165) is 30.7 Å². The lowest BCUT2D eigenvalue weighted by Crippen LogP contribution is -2.44. The van der Waals surface area contributed by atoms with E-state index in [2.05, 4.69) is 143 Å². The van der Waals surface area contributed by atoms with Crippen LogP contribution in [0.3, 0.4) is 0 Å². The van der Waals surface area contributed by atoms with Crippen LogP contribution in [0.5, 0.6) is 0 Å². The van der Waals surface area contributed by atoms with Gasteiger partial charge in [0, 0.05) is 23.1 Å². The Morgan fingerprint density at radius 3 is 2.07 bits per heavy atom. The van der Waals surface area contributed by atoms with Crippen molar-refractivity contribution in [2.75, 3.05) is 0 Å². The number of allylic oxidation sites excluding steroid dienone is 4. The van der Waals surface area contributed by atoms with Crippen LogP contribution < -0.4 is 16.0 Å². The molecule has 3 aliphatic rings. The maximum absolute atomic E-state index is 5.19. The van der Waals surface area contributed by atoms with E-state index in [4.69, 9.17) is 4.99 Å². The molecule has 4 aromatic carbocycles. The second kappa shape index (κ2) is 12.2. The Kier molecular flexibility index (Phi) is 7.70. The zero-order valence-electron chi connectivity index (χ0n) is 23.9. The van der Waals surface area contributed by atoms with Gasteiger partial charge in [0.2, 0.25) is 0 Å². The van der Waals surface area contributed by atoms with Crippen molar-refractivity contribution < 1.29 is 0 Å². The molecular weight excluding hydrogens is 512 g/mol. The third-order valence-electron chi connectivity index (χ3n) is 8.82. The van der Waals surface area contributed by atoms with Crippen LogP contribution in [-0.4, -0.2) is 5.84 Å². The lowest BCUT2D eigenvalue weighted by atomic mass is 9.81. The van der Waals surface area contributed by atoms with Crippen LogP contribution in [0.2, 0.25) is 0 Å². The van der Waals surface area contributed by atoms with Gasteiger partial charge >= 0.3 is 0 Å². The van der Waals surface area contributed by atoms with E-state index in [1.807, 2.05) is 6.07 Å². The van der Waals surface area contributed by atoms with E-state index in [1.165, 1.54) is 34.4 Å². The van der Waals surface area contributed by atoms with Gasteiger partial charge in [-0.25, -0.2) is 4.99 Å². The molecule has 4 nitrogen and oxygen atoms in total. The second-order valence-corrected chi connectivity index (χ2v) is 11.6. The average Bonchev–Trinajstić information content (AvgIpc) is 3.09. The molecule has 5 unspecified atom stereocenters. The van der Waals surface area contributed by atoms with Gasteiger partial charge in [-0.05, 0) is 47.9 Å². The monoisotopic (exact) mass is 550 g/mol. The molecule has 2 heterocycles. The molecule has 0 fully saturated rings. The number of hydrogen-bond acceptors (Lipinski definition) is 4. The summed E-state index contributed by atoms with van der Waals surface area (Å²) >= 11 is 0. The number of nitrogens with zero attached hydrogens (tertiary/aromatic N) is 1. The van der Waals surface area contributed by atoms with Crippen LogP contribution in [0, 0.1) is 5.92 Å². The summed E-state index contributed by atoms with van der Waals surface area (Å²) in [6.07, 6.45) is 11.5. The summed E-state index contributed by atoms with van der Waals surface area (Å²) in [5.41, 5.74) is 7.60. The van der Waals surface area contributed by atoms with Crippen molar-refractivity contribution >= 4 is 5.84 Å². The highest BCUT2D eigenvalue weighted by atomic mass is 15.3. The average molecular weight is 551 g/mol. The summed E-state index contributed by atoms with van der Waals surface area (Å²) in [4.78, 5) is 5.19. The summed E-state index contributed by atoms with van der Waals surface area (Å²) in [7, 11) is 0. The molecule has 210 valence electrons. The number of aliphatic imine (C=N–C) groups is 1. The third-order valence-corrected chi connectivity index (χ3v) is 8.82. The lowest BCUT2D eigenvalue weighted by molar-refractivity contribution is 0.407. The van der Waals surface area contributed by atoms with E-state index in [-0.39, 0.29) is 12.3 Å². The molecule has 0 saturated heterocycles. The van der Waals surface area contributed by atoms with Crippen molar-refractivity contribution in [3.05, 3.63) is 167 Å². The van der Waals surface area contributed by atoms with Crippen LogP contribution in [0.15, 0.2) is 144 Å². The van der Waals surface area contributed by atoms with Gasteiger partial charge in [-0.1, -0.05) is 133 Å². The van der Waals surface area contributed by atoms with Gasteiger partial charge in [0.1, 0.15) is 18.2 Å². The number of amidine groups is 1. The van der Waals surface area contributed by atoms with Crippen LogP contribution >= 0.6 is 0 Å². The van der Waals surface area contributed by atoms with Crippen molar-refractivity contribution in [2.24, 2.45) is 10.9 Å². The van der Waals surface area contributed by atoms with E-state index in [1.54, 1.807) is 0 Å². The minimum Gasteiger partial charge on any atom is -0.382 e. The topological polar surface area (TPSA) is 48.5 Å². The molecule has 0 amide bonds. The summed E-state index contributed by atoms with van der Waals surface area (Å²) in [6, 6.07) is 41.4. The molecule has 0 bridgehead atoms. The fourth-order valence-electron chi connectivity index (χ4n) is 6.56. The Bertz CT molecular complexity index is 1580. The molecule has 0 aromatic heterocycles. The SMILES string of the molecule is C1=CCC(C2=CC(c3cccc(C4N=C(c5ccccc5)NC(c5ccccc5)N4)c3)CC(c3ccccc3)N2)CC1. The standard InChI is InChI=1S/C38H38N4/c1-5-14-27(15-6-1)34-25-33(26-35(39-34)28-16-7-2-8-17-28)31-22-13-23-32(24-31)38-41-36(29-18-9-3-10-19-29)40-37(42-38)30-20-11-4-12-21-30/h1-7,9-15,18-24,26,28,33-34,36,38-39,41H,8,16-17,25H2,(H,40,42). The van der Waals surface area contributed by atoms with Crippen molar-refractivity contribution in [3.63, 3.8) is 0 Å². The van der Waals surface area contributed by atoms with Gasteiger partial charge in [0.05, 0.1) is 6.04 Å². The number of benzene rings is 4. The van der Waals surface area contributed by atoms with E-state index in [9.17, 15) is 0 Å². The van der Waals surface area contributed by atoms with Crippen LogP contribution in [0.25, 0.3) is 0 Å². The van der Waals surface area contributed by atoms with Gasteiger partial charge in [-0.15, -0.1) is 0 Å². The Morgan fingerprint density at radius 1 is 0.643 bits per heavy atom. The molecule has 7 rings (SSSR count). The minimum absolute atomic E-state index is 0.0419. The Balaban J connectivity index is 1.23. The van der Waals surface area contributed by atoms with Gasteiger partial charge in [-0.3, -0.25) is 5.32 Å². The molecule has 4 heteroatoms. The van der Waals surface area contributed by atoms with Crippen LogP contribution in [-0.2, 0) is 0 Å². The van der Waals surface area contributed by atoms with Crippen molar-refractivity contribution in [3.8, 4) is 0 Å². The Morgan fingerprint density at radius 2 is 1.33 bits per heavy atom. The smallest absolute Gasteiger partial charge is 0.131 e. The summed E-state index contributed by atoms with van der Waals surface area (Å²) < 4.78 is 0. The first-order chi connectivity index (χ1) is 20.8. The van der Waals surface area contributed by atoms with Gasteiger partial charge in [0.25, 0.3) is 0 Å². The summed E-state index contributed by atoms with van der Waals surface area (Å²) in [6.45, 7) is 0. The summed E-state index contributed by atoms with van der Waals surface area (Å²) in [5.74, 6) is 1.81. The van der Waals surface area contributed by atoms with E-state index >= 15 is 0 Å². The normalized spacial score (nSPS) is 25.5. The maximum Gasteiger partial charge on any atom is 0.131 e. The van der Waals surface area contributed by atoms with E-state index < -0.39 is 0 Å². The van der Waals surface area contributed by atoms with Gasteiger partial charge in [0.15, 0.2) is 0 Å². The fourth-order valence-corrected chi connectivity index (χ4v) is 6.56. The minimum atomic E-state index is -0.162. The predicted octanol–water partition coefficient (Wildman–Crippen LogP) is 8.08. The van der Waals surface area contributed by atoms with Crippen molar-refractivity contribution in [1.29, 1.82) is 0 Å². The van der Waals surface area contributed by atoms with Crippen molar-refractivity contribution in [1.82, 2.24) is 16.0 Å². The molecule has 2 aliphatic heterocycles. The first-order valence-corrected chi connectivity index (χ1v) is 15.3. The molecule has 3 N–H and O–H groups in total. The first-order valence-electron chi connectivity index (χ1n) is 15.3. The molecule has 0 saturated carbocycles. The van der Waals surface area contributed by atoms with Crippen molar-refractivity contribution in [2.45, 2.75) is 50.0 Å². The summed E-state index contributed by atoms with van der Waals surface area (Å²) in [5, 5.41) is 11.4. The zero-order valence-corrected chi connectivity index (χ0v) is 23.9. The Hall–Kier alpha value is -4.41. The number of rotatable bonds is 6. The fraction of sp³-hybridized carbons (Fsp3) is 0.237. The quantitative estimate of drug-likeness (QED) is 0.213. The molecule has 42 heavy (non-hydrogen) atoms. The van der Waals surface area contributed by atoms with Gasteiger partial charge in [-0.2, -0.15) is 0 Å². The highest BCUT2D eigenvalue weighted by molar-refractivity contribution is 5.99. The predicted molar refractivity (Wildman–Crippen MR) is 172 cm³/mol. The maximum atomic E-state index is 5.19. The molecular formula is C38H38N4. The molecule has 1 aliphatic carbocycles. The second-order valence-electron chi connectivity index (χ2n) is 11.6. The highest BCUT2D eigenvalue weighted by Crippen LogP contribution is 2.39. The van der Waals surface area contributed by atoms with Crippen LogP contribution in [0.4, 0.5) is 0 Å². The van der Waals surface area contributed by atoms with E-state index in [0.29, 0.717) is 17.9 Å². The molecule has 0 spiro atoms. The molecule has 5 atom stereocenters. The first kappa shape index (κ1) is 26.5. The largest absolute Gasteiger partial charge is 0.382 e. The Labute approximate surface area is 249 Å². The zero-order chi connectivity index (χ0) is 28.1.